The lowest BCUT2D eigenvalue weighted by Crippen LogP contribution is -2.39. The maximum Gasteiger partial charge on any atom is 0.224 e. The van der Waals surface area contributed by atoms with E-state index in [-0.39, 0.29) is 5.91 Å². The molecule has 1 aromatic carbocycles. The number of benzene rings is 1. The van der Waals surface area contributed by atoms with Crippen LogP contribution < -0.4 is 11.1 Å². The Hall–Kier alpha value is -1.55. The quantitative estimate of drug-likeness (QED) is 0.623. The van der Waals surface area contributed by atoms with Gasteiger partial charge in [0, 0.05) is 24.8 Å². The van der Waals surface area contributed by atoms with Gasteiger partial charge in [-0.1, -0.05) is 24.6 Å². The van der Waals surface area contributed by atoms with E-state index < -0.39 is 0 Å². The molecule has 21 heavy (non-hydrogen) atoms. The van der Waals surface area contributed by atoms with Crippen LogP contribution in [0.5, 0.6) is 0 Å². The highest BCUT2D eigenvalue weighted by molar-refractivity contribution is 5.80. The number of hydrogen-bond donors (Lipinski definition) is 2. The highest BCUT2D eigenvalue weighted by atomic mass is 16.1. The molecule has 0 bridgehead atoms. The first kappa shape index (κ1) is 15.8. The normalized spacial score (nSPS) is 19.4. The first-order valence-electron chi connectivity index (χ1n) is 8.01. The van der Waals surface area contributed by atoms with Crippen molar-refractivity contribution in [1.82, 2.24) is 10.2 Å². The molecule has 1 amide bonds. The Bertz CT molecular complexity index is 461. The maximum atomic E-state index is 11.9. The van der Waals surface area contributed by atoms with Gasteiger partial charge in [0.05, 0.1) is 6.42 Å². The Morgan fingerprint density at radius 3 is 2.95 bits per heavy atom. The second-order valence-electron chi connectivity index (χ2n) is 5.96. The Morgan fingerprint density at radius 2 is 2.19 bits per heavy atom. The van der Waals surface area contributed by atoms with Crippen LogP contribution in [0.2, 0.25) is 0 Å². The summed E-state index contributed by atoms with van der Waals surface area (Å²) in [6.07, 6.45) is 5.35. The Balaban J connectivity index is 1.64. The fourth-order valence-corrected chi connectivity index (χ4v) is 2.93. The van der Waals surface area contributed by atoms with E-state index in [4.69, 9.17) is 5.73 Å². The van der Waals surface area contributed by atoms with E-state index in [2.05, 4.69) is 17.1 Å². The molecule has 0 radical (unpaired) electrons. The van der Waals surface area contributed by atoms with Crippen LogP contribution in [0.1, 0.15) is 38.2 Å². The molecule has 1 unspecified atom stereocenters. The highest BCUT2D eigenvalue weighted by Crippen LogP contribution is 2.16. The lowest BCUT2D eigenvalue weighted by atomic mass is 10.0. The van der Waals surface area contributed by atoms with Crippen LogP contribution in [-0.4, -0.2) is 36.5 Å². The van der Waals surface area contributed by atoms with Crippen molar-refractivity contribution in [3.63, 3.8) is 0 Å². The van der Waals surface area contributed by atoms with E-state index in [9.17, 15) is 4.79 Å². The van der Waals surface area contributed by atoms with E-state index in [1.54, 1.807) is 0 Å². The molecule has 2 rings (SSSR count). The summed E-state index contributed by atoms with van der Waals surface area (Å²) >= 11 is 0. The molecule has 4 nitrogen and oxygen atoms in total. The van der Waals surface area contributed by atoms with Crippen molar-refractivity contribution in [2.75, 3.05) is 25.4 Å². The molecule has 3 N–H and O–H groups in total. The van der Waals surface area contributed by atoms with Gasteiger partial charge in [0.25, 0.3) is 0 Å². The summed E-state index contributed by atoms with van der Waals surface area (Å²) in [5.41, 5.74) is 7.44. The number of carbonyl (C=O) groups is 1. The number of amides is 1. The number of carbonyl (C=O) groups excluding carboxylic acids is 1. The molecule has 1 atom stereocenters. The third-order valence-electron chi connectivity index (χ3n) is 4.29. The number of rotatable bonds is 6. The number of likely N-dealkylation sites (tertiary alicyclic amines) is 1. The van der Waals surface area contributed by atoms with Gasteiger partial charge >= 0.3 is 0 Å². The zero-order valence-electron chi connectivity index (χ0n) is 13.0. The second-order valence-corrected chi connectivity index (χ2v) is 5.96. The van der Waals surface area contributed by atoms with Gasteiger partial charge in [-0.25, -0.2) is 0 Å². The van der Waals surface area contributed by atoms with Crippen molar-refractivity contribution in [1.29, 1.82) is 0 Å². The van der Waals surface area contributed by atoms with Crippen molar-refractivity contribution in [2.24, 2.45) is 0 Å². The minimum Gasteiger partial charge on any atom is -0.398 e. The van der Waals surface area contributed by atoms with Crippen LogP contribution in [0.15, 0.2) is 24.3 Å². The first-order chi connectivity index (χ1) is 10.2. The van der Waals surface area contributed by atoms with Gasteiger partial charge < -0.3 is 16.0 Å². The maximum absolute atomic E-state index is 11.9. The number of piperidine rings is 1. The molecule has 4 heteroatoms. The summed E-state index contributed by atoms with van der Waals surface area (Å²) in [6, 6.07) is 8.23. The third-order valence-corrected chi connectivity index (χ3v) is 4.29. The molecule has 1 heterocycles. The molecular formula is C17H27N3O. The molecule has 0 saturated carbocycles. The van der Waals surface area contributed by atoms with E-state index in [1.165, 1.54) is 25.8 Å². The molecule has 1 saturated heterocycles. The Labute approximate surface area is 127 Å². The van der Waals surface area contributed by atoms with E-state index in [0.29, 0.717) is 18.2 Å². The summed E-state index contributed by atoms with van der Waals surface area (Å²) in [4.78, 5) is 14.4. The summed E-state index contributed by atoms with van der Waals surface area (Å²) < 4.78 is 0. The zero-order chi connectivity index (χ0) is 15.1. The first-order valence-corrected chi connectivity index (χ1v) is 8.01. The average Bonchev–Trinajstić information content (AvgIpc) is 2.48. The topological polar surface area (TPSA) is 58.4 Å². The summed E-state index contributed by atoms with van der Waals surface area (Å²) in [5, 5.41) is 2.99. The van der Waals surface area contributed by atoms with E-state index in [0.717, 1.165) is 25.1 Å². The molecule has 0 aliphatic carbocycles. The standard InChI is InChI=1S/C17H27N3O/c1-14-7-4-5-11-20(14)12-6-10-19-17(21)13-15-8-2-3-9-16(15)18/h2-3,8-9,14H,4-7,10-13,18H2,1H3,(H,19,21). The molecule has 116 valence electrons. The third kappa shape index (κ3) is 5.05. The van der Waals surface area contributed by atoms with Crippen LogP contribution in [0, 0.1) is 0 Å². The fraction of sp³-hybridized carbons (Fsp3) is 0.588. The predicted molar refractivity (Wildman–Crippen MR) is 87.1 cm³/mol. The number of nitrogen functional groups attached to an aromatic ring is 1. The number of nitrogens with one attached hydrogen (secondary N) is 1. The fourth-order valence-electron chi connectivity index (χ4n) is 2.93. The number of hydrogen-bond acceptors (Lipinski definition) is 3. The molecule has 0 aromatic heterocycles. The summed E-state index contributed by atoms with van der Waals surface area (Å²) in [7, 11) is 0. The zero-order valence-corrected chi connectivity index (χ0v) is 13.0. The minimum atomic E-state index is 0.0552. The minimum absolute atomic E-state index is 0.0552. The van der Waals surface area contributed by atoms with E-state index in [1.807, 2.05) is 24.3 Å². The number of nitrogens with two attached hydrogens (primary N) is 1. The van der Waals surface area contributed by atoms with Gasteiger partial charge in [-0.2, -0.15) is 0 Å². The lowest BCUT2D eigenvalue weighted by molar-refractivity contribution is -0.120. The number of nitrogens with zero attached hydrogens (tertiary/aromatic N) is 1. The molecule has 0 spiro atoms. The Morgan fingerprint density at radius 1 is 1.38 bits per heavy atom. The van der Waals surface area contributed by atoms with Crippen LogP contribution in [0.4, 0.5) is 5.69 Å². The van der Waals surface area contributed by atoms with Gasteiger partial charge in [0.2, 0.25) is 5.91 Å². The average molecular weight is 289 g/mol. The van der Waals surface area contributed by atoms with Gasteiger partial charge in [0.15, 0.2) is 0 Å². The molecule has 1 aliphatic rings. The predicted octanol–water partition coefficient (Wildman–Crippen LogP) is 2.19. The van der Waals surface area contributed by atoms with Crippen molar-refractivity contribution in [3.05, 3.63) is 29.8 Å². The van der Waals surface area contributed by atoms with Gasteiger partial charge in [-0.05, 0) is 44.4 Å². The van der Waals surface area contributed by atoms with Crippen molar-refractivity contribution < 1.29 is 4.79 Å². The second kappa shape index (κ2) is 8.03. The van der Waals surface area contributed by atoms with E-state index >= 15 is 0 Å². The van der Waals surface area contributed by atoms with Crippen molar-refractivity contribution >= 4 is 11.6 Å². The molecular weight excluding hydrogens is 262 g/mol. The highest BCUT2D eigenvalue weighted by Gasteiger charge is 2.17. The smallest absolute Gasteiger partial charge is 0.224 e. The lowest BCUT2D eigenvalue weighted by Gasteiger charge is -2.33. The SMILES string of the molecule is CC1CCCCN1CCCNC(=O)Cc1ccccc1N. The van der Waals surface area contributed by atoms with Crippen molar-refractivity contribution in [3.8, 4) is 0 Å². The van der Waals surface area contributed by atoms with Crippen LogP contribution in [0.3, 0.4) is 0 Å². The summed E-state index contributed by atoms with van der Waals surface area (Å²) in [5.74, 6) is 0.0552. The molecule has 1 aromatic rings. The van der Waals surface area contributed by atoms with Crippen LogP contribution in [0.25, 0.3) is 0 Å². The monoisotopic (exact) mass is 289 g/mol. The summed E-state index contributed by atoms with van der Waals surface area (Å²) in [6.45, 7) is 5.33. The number of para-hydroxylation sites is 1. The largest absolute Gasteiger partial charge is 0.398 e. The number of anilines is 1. The van der Waals surface area contributed by atoms with Gasteiger partial charge in [-0.3, -0.25) is 4.79 Å². The van der Waals surface area contributed by atoms with Crippen molar-refractivity contribution in [2.45, 2.75) is 45.1 Å². The Kier molecular flexibility index (Phi) is 6.05. The van der Waals surface area contributed by atoms with Gasteiger partial charge in [0.1, 0.15) is 0 Å². The van der Waals surface area contributed by atoms with Crippen LogP contribution in [-0.2, 0) is 11.2 Å². The van der Waals surface area contributed by atoms with Gasteiger partial charge in [-0.15, -0.1) is 0 Å². The van der Waals surface area contributed by atoms with Crippen LogP contribution >= 0.6 is 0 Å². The molecule has 1 aliphatic heterocycles. The molecule has 1 fully saturated rings.